The minimum atomic E-state index is 0.822. The van der Waals surface area contributed by atoms with E-state index in [1.54, 1.807) is 7.11 Å². The Morgan fingerprint density at radius 3 is 2.60 bits per heavy atom. The van der Waals surface area contributed by atoms with Crippen LogP contribution in [0.4, 0.5) is 0 Å². The molecule has 0 saturated heterocycles. The first-order valence-corrected chi connectivity index (χ1v) is 7.00. The van der Waals surface area contributed by atoms with E-state index in [4.69, 9.17) is 4.74 Å². The number of rotatable bonds is 3. The molecule has 0 bridgehead atoms. The van der Waals surface area contributed by atoms with Crippen molar-refractivity contribution >= 4 is 15.9 Å². The molecule has 0 radical (unpaired) electrons. The van der Waals surface area contributed by atoms with E-state index in [0.717, 1.165) is 27.0 Å². The van der Waals surface area contributed by atoms with Gasteiger partial charge in [-0.15, -0.1) is 0 Å². The van der Waals surface area contributed by atoms with E-state index in [-0.39, 0.29) is 0 Å². The predicted molar refractivity (Wildman–Crippen MR) is 83.3 cm³/mol. The third-order valence-corrected chi connectivity index (χ3v) is 3.61. The van der Waals surface area contributed by atoms with Gasteiger partial charge in [0, 0.05) is 22.3 Å². The summed E-state index contributed by atoms with van der Waals surface area (Å²) in [6, 6.07) is 16.0. The topological polar surface area (TPSA) is 27.1 Å². The fourth-order valence-corrected chi connectivity index (χ4v) is 2.27. The molecule has 0 aliphatic rings. The zero-order chi connectivity index (χ0) is 13.9. The van der Waals surface area contributed by atoms with E-state index in [0.29, 0.717) is 0 Å². The van der Waals surface area contributed by atoms with Crippen LogP contribution in [0, 0.1) is 0 Å². The highest BCUT2D eigenvalue weighted by Crippen LogP contribution is 2.23. The van der Waals surface area contributed by atoms with Crippen molar-refractivity contribution in [1.82, 2.24) is 9.78 Å². The van der Waals surface area contributed by atoms with Crippen molar-refractivity contribution in [3.63, 3.8) is 0 Å². The molecular weight excluding hydrogens is 316 g/mol. The molecule has 0 atom stereocenters. The Hall–Kier alpha value is -2.07. The molecule has 0 spiro atoms. The summed E-state index contributed by atoms with van der Waals surface area (Å²) in [6.07, 6.45) is 3.88. The molecule has 3 aromatic rings. The first-order valence-electron chi connectivity index (χ1n) is 6.21. The molecule has 3 rings (SSSR count). The largest absolute Gasteiger partial charge is 0.497 e. The van der Waals surface area contributed by atoms with Crippen LogP contribution >= 0.6 is 15.9 Å². The van der Waals surface area contributed by atoms with Gasteiger partial charge in [-0.05, 0) is 29.8 Å². The summed E-state index contributed by atoms with van der Waals surface area (Å²) in [6.45, 7) is 0. The van der Waals surface area contributed by atoms with Gasteiger partial charge in [-0.25, -0.2) is 4.68 Å². The van der Waals surface area contributed by atoms with Gasteiger partial charge in [0.1, 0.15) is 5.75 Å². The van der Waals surface area contributed by atoms with Crippen LogP contribution in [0.5, 0.6) is 5.75 Å². The molecule has 0 unspecified atom stereocenters. The van der Waals surface area contributed by atoms with Crippen LogP contribution in [-0.4, -0.2) is 16.9 Å². The first-order chi connectivity index (χ1) is 9.76. The van der Waals surface area contributed by atoms with Crippen LogP contribution < -0.4 is 4.74 Å². The second kappa shape index (κ2) is 5.51. The van der Waals surface area contributed by atoms with Crippen molar-refractivity contribution in [3.05, 3.63) is 65.4 Å². The molecule has 2 aromatic carbocycles. The number of ether oxygens (including phenoxy) is 1. The van der Waals surface area contributed by atoms with Gasteiger partial charge in [-0.1, -0.05) is 34.1 Å². The van der Waals surface area contributed by atoms with Crippen molar-refractivity contribution in [2.24, 2.45) is 0 Å². The molecule has 20 heavy (non-hydrogen) atoms. The van der Waals surface area contributed by atoms with E-state index in [2.05, 4.69) is 33.2 Å². The molecule has 0 saturated carbocycles. The van der Waals surface area contributed by atoms with Gasteiger partial charge in [-0.3, -0.25) is 0 Å². The lowest BCUT2D eigenvalue weighted by Gasteiger charge is -2.04. The van der Waals surface area contributed by atoms with Gasteiger partial charge in [0.15, 0.2) is 0 Å². The molecule has 0 aliphatic carbocycles. The summed E-state index contributed by atoms with van der Waals surface area (Å²) in [7, 11) is 1.66. The van der Waals surface area contributed by atoms with Gasteiger partial charge in [0.25, 0.3) is 0 Å². The smallest absolute Gasteiger partial charge is 0.121 e. The Balaban J connectivity index is 1.95. The molecule has 0 fully saturated rings. The predicted octanol–water partition coefficient (Wildman–Crippen LogP) is 4.31. The fourth-order valence-electron chi connectivity index (χ4n) is 2.01. The van der Waals surface area contributed by atoms with Crippen LogP contribution in [0.25, 0.3) is 16.8 Å². The third-order valence-electron chi connectivity index (χ3n) is 3.08. The molecule has 0 amide bonds. The molecule has 0 aliphatic heterocycles. The lowest BCUT2D eigenvalue weighted by Crippen LogP contribution is -1.94. The van der Waals surface area contributed by atoms with Crippen molar-refractivity contribution in [2.75, 3.05) is 7.11 Å². The standard InChI is InChI=1S/C16H13BrN2O/c1-20-16-4-2-3-15(9-16)19-11-13(10-18-19)12-5-7-14(17)8-6-12/h2-11H,1H3. The number of nitrogens with zero attached hydrogens (tertiary/aromatic N) is 2. The second-order valence-electron chi connectivity index (χ2n) is 4.38. The molecule has 100 valence electrons. The number of hydrogen-bond donors (Lipinski definition) is 0. The van der Waals surface area contributed by atoms with E-state index in [1.165, 1.54) is 0 Å². The van der Waals surface area contributed by atoms with Crippen LogP contribution in [0.3, 0.4) is 0 Å². The highest BCUT2D eigenvalue weighted by atomic mass is 79.9. The summed E-state index contributed by atoms with van der Waals surface area (Å²) >= 11 is 3.44. The van der Waals surface area contributed by atoms with Gasteiger partial charge in [0.05, 0.1) is 19.0 Å². The molecule has 0 N–H and O–H groups in total. The fraction of sp³-hybridized carbons (Fsp3) is 0.0625. The monoisotopic (exact) mass is 328 g/mol. The van der Waals surface area contributed by atoms with Crippen molar-refractivity contribution in [1.29, 1.82) is 0 Å². The number of methoxy groups -OCH3 is 1. The minimum Gasteiger partial charge on any atom is -0.497 e. The molecular formula is C16H13BrN2O. The average molecular weight is 329 g/mol. The summed E-state index contributed by atoms with van der Waals surface area (Å²) in [5.74, 6) is 0.822. The third kappa shape index (κ3) is 2.60. The van der Waals surface area contributed by atoms with Crippen LogP contribution in [-0.2, 0) is 0 Å². The van der Waals surface area contributed by atoms with E-state index in [9.17, 15) is 0 Å². The number of halogens is 1. The summed E-state index contributed by atoms with van der Waals surface area (Å²) < 4.78 is 8.15. The number of benzene rings is 2. The maximum absolute atomic E-state index is 5.23. The summed E-state index contributed by atoms with van der Waals surface area (Å²) in [4.78, 5) is 0. The Labute approximate surface area is 125 Å². The van der Waals surface area contributed by atoms with Crippen molar-refractivity contribution in [3.8, 4) is 22.6 Å². The first kappa shape index (κ1) is 12.9. The normalized spacial score (nSPS) is 10.5. The lowest BCUT2D eigenvalue weighted by atomic mass is 10.1. The van der Waals surface area contributed by atoms with Crippen LogP contribution in [0.1, 0.15) is 0 Å². The van der Waals surface area contributed by atoms with Crippen molar-refractivity contribution in [2.45, 2.75) is 0 Å². The molecule has 1 heterocycles. The van der Waals surface area contributed by atoms with Crippen LogP contribution in [0.15, 0.2) is 65.4 Å². The average Bonchev–Trinajstić information content (AvgIpc) is 2.98. The summed E-state index contributed by atoms with van der Waals surface area (Å²) in [5, 5.41) is 4.41. The van der Waals surface area contributed by atoms with Gasteiger partial charge < -0.3 is 4.74 Å². The second-order valence-corrected chi connectivity index (χ2v) is 5.30. The SMILES string of the molecule is COc1cccc(-n2cc(-c3ccc(Br)cc3)cn2)c1. The number of aromatic nitrogens is 2. The maximum Gasteiger partial charge on any atom is 0.121 e. The minimum absolute atomic E-state index is 0.822. The zero-order valence-corrected chi connectivity index (χ0v) is 12.5. The van der Waals surface area contributed by atoms with Crippen LogP contribution in [0.2, 0.25) is 0 Å². The van der Waals surface area contributed by atoms with Gasteiger partial charge in [0.2, 0.25) is 0 Å². The van der Waals surface area contributed by atoms with E-state index < -0.39 is 0 Å². The summed E-state index contributed by atoms with van der Waals surface area (Å²) in [5.41, 5.74) is 3.20. The zero-order valence-electron chi connectivity index (χ0n) is 11.0. The molecule has 1 aromatic heterocycles. The Kier molecular flexibility index (Phi) is 3.56. The van der Waals surface area contributed by atoms with Gasteiger partial charge in [-0.2, -0.15) is 5.10 Å². The maximum atomic E-state index is 5.23. The quantitative estimate of drug-likeness (QED) is 0.716. The Morgan fingerprint density at radius 2 is 1.85 bits per heavy atom. The highest BCUT2D eigenvalue weighted by molar-refractivity contribution is 9.10. The van der Waals surface area contributed by atoms with Gasteiger partial charge >= 0.3 is 0 Å². The number of hydrogen-bond acceptors (Lipinski definition) is 2. The Morgan fingerprint density at radius 1 is 1.05 bits per heavy atom. The molecule has 4 heteroatoms. The lowest BCUT2D eigenvalue weighted by molar-refractivity contribution is 0.414. The van der Waals surface area contributed by atoms with E-state index >= 15 is 0 Å². The van der Waals surface area contributed by atoms with E-state index in [1.807, 2.05) is 53.5 Å². The highest BCUT2D eigenvalue weighted by Gasteiger charge is 2.04. The molecule has 3 nitrogen and oxygen atoms in total. The Bertz CT molecular complexity index is 719. The van der Waals surface area contributed by atoms with Crippen molar-refractivity contribution < 1.29 is 4.74 Å².